The first-order valence-corrected chi connectivity index (χ1v) is 7.48. The molecule has 1 saturated carbocycles. The van der Waals surface area contributed by atoms with Crippen molar-refractivity contribution in [2.24, 2.45) is 11.8 Å². The van der Waals surface area contributed by atoms with E-state index >= 15 is 0 Å². The standard InChI is InChI=1S/C18H24O2/c1-13-8-10-16(14(2)19)12-17(13)18(20)11-9-15-6-4-3-5-7-15/h3-7,16-18,20H,1,8-12H2,2H3/t16-,17-,18-/m0/s1. The highest BCUT2D eigenvalue weighted by molar-refractivity contribution is 5.78. The number of hydrogen-bond acceptors (Lipinski definition) is 2. The summed E-state index contributed by atoms with van der Waals surface area (Å²) in [6.07, 6.45) is 3.76. The van der Waals surface area contributed by atoms with Crippen LogP contribution in [0.15, 0.2) is 42.5 Å². The number of aliphatic hydroxyl groups is 1. The van der Waals surface area contributed by atoms with Gasteiger partial charge in [0.2, 0.25) is 0 Å². The Morgan fingerprint density at radius 2 is 2.10 bits per heavy atom. The van der Waals surface area contributed by atoms with Crippen molar-refractivity contribution >= 4 is 5.78 Å². The van der Waals surface area contributed by atoms with E-state index in [1.807, 2.05) is 18.2 Å². The third-order valence-electron chi connectivity index (χ3n) is 4.49. The van der Waals surface area contributed by atoms with E-state index in [1.165, 1.54) is 5.56 Å². The lowest BCUT2D eigenvalue weighted by atomic mass is 9.74. The van der Waals surface area contributed by atoms with E-state index in [4.69, 9.17) is 0 Å². The van der Waals surface area contributed by atoms with Crippen LogP contribution in [-0.2, 0) is 11.2 Å². The summed E-state index contributed by atoms with van der Waals surface area (Å²) in [6, 6.07) is 10.2. The minimum Gasteiger partial charge on any atom is -0.392 e. The Hall–Kier alpha value is -1.41. The van der Waals surface area contributed by atoms with E-state index in [9.17, 15) is 9.90 Å². The maximum Gasteiger partial charge on any atom is 0.132 e. The van der Waals surface area contributed by atoms with Gasteiger partial charge in [0.05, 0.1) is 6.10 Å². The molecule has 0 spiro atoms. The number of carbonyl (C=O) groups excluding carboxylic acids is 1. The van der Waals surface area contributed by atoms with Crippen LogP contribution in [0.3, 0.4) is 0 Å². The van der Waals surface area contributed by atoms with E-state index in [0.29, 0.717) is 0 Å². The summed E-state index contributed by atoms with van der Waals surface area (Å²) in [6.45, 7) is 5.75. The van der Waals surface area contributed by atoms with Crippen molar-refractivity contribution in [2.75, 3.05) is 0 Å². The lowest BCUT2D eigenvalue weighted by Gasteiger charge is -2.33. The number of aliphatic hydroxyl groups excluding tert-OH is 1. The van der Waals surface area contributed by atoms with Gasteiger partial charge in [0, 0.05) is 11.8 Å². The summed E-state index contributed by atoms with van der Waals surface area (Å²) >= 11 is 0. The molecule has 0 saturated heterocycles. The Morgan fingerprint density at radius 1 is 1.40 bits per heavy atom. The van der Waals surface area contributed by atoms with Crippen LogP contribution >= 0.6 is 0 Å². The van der Waals surface area contributed by atoms with Crippen molar-refractivity contribution < 1.29 is 9.90 Å². The predicted molar refractivity (Wildman–Crippen MR) is 81.4 cm³/mol. The second kappa shape index (κ2) is 6.85. The molecule has 0 unspecified atom stereocenters. The molecule has 0 aromatic heterocycles. The van der Waals surface area contributed by atoms with Gasteiger partial charge in [-0.2, -0.15) is 0 Å². The fraction of sp³-hybridized carbons (Fsp3) is 0.500. The normalized spacial score (nSPS) is 24.4. The molecule has 0 amide bonds. The van der Waals surface area contributed by atoms with Gasteiger partial charge in [-0.15, -0.1) is 0 Å². The van der Waals surface area contributed by atoms with Crippen molar-refractivity contribution in [1.29, 1.82) is 0 Å². The average Bonchev–Trinajstić information content (AvgIpc) is 2.46. The van der Waals surface area contributed by atoms with Gasteiger partial charge in [0.1, 0.15) is 5.78 Å². The van der Waals surface area contributed by atoms with Gasteiger partial charge in [-0.1, -0.05) is 42.5 Å². The molecule has 2 heteroatoms. The zero-order valence-electron chi connectivity index (χ0n) is 12.2. The second-order valence-electron chi connectivity index (χ2n) is 5.94. The van der Waals surface area contributed by atoms with Gasteiger partial charge in [0.25, 0.3) is 0 Å². The minimum atomic E-state index is -0.384. The summed E-state index contributed by atoms with van der Waals surface area (Å²) in [7, 11) is 0. The maximum atomic E-state index is 11.5. The Morgan fingerprint density at radius 3 is 2.75 bits per heavy atom. The largest absolute Gasteiger partial charge is 0.392 e. The van der Waals surface area contributed by atoms with Gasteiger partial charge in [-0.05, 0) is 44.6 Å². The molecule has 108 valence electrons. The topological polar surface area (TPSA) is 37.3 Å². The third-order valence-corrected chi connectivity index (χ3v) is 4.49. The molecule has 1 aromatic carbocycles. The average molecular weight is 272 g/mol. The summed E-state index contributed by atoms with van der Waals surface area (Å²) < 4.78 is 0. The fourth-order valence-electron chi connectivity index (χ4n) is 3.09. The van der Waals surface area contributed by atoms with Crippen LogP contribution in [0.2, 0.25) is 0 Å². The van der Waals surface area contributed by atoms with E-state index in [2.05, 4.69) is 18.7 Å². The van der Waals surface area contributed by atoms with Gasteiger partial charge in [-0.25, -0.2) is 0 Å². The van der Waals surface area contributed by atoms with Gasteiger partial charge in [-0.3, -0.25) is 4.79 Å². The first kappa shape index (κ1) is 15.0. The lowest BCUT2D eigenvalue weighted by molar-refractivity contribution is -0.122. The molecule has 1 aliphatic rings. The van der Waals surface area contributed by atoms with Crippen LogP contribution < -0.4 is 0 Å². The summed E-state index contributed by atoms with van der Waals surface area (Å²) in [4.78, 5) is 11.5. The van der Waals surface area contributed by atoms with Crippen molar-refractivity contribution in [3.63, 3.8) is 0 Å². The number of Topliss-reactive ketones (excluding diaryl/α,β-unsaturated/α-hetero) is 1. The zero-order chi connectivity index (χ0) is 14.5. The molecule has 1 N–H and O–H groups in total. The number of carbonyl (C=O) groups is 1. The van der Waals surface area contributed by atoms with Gasteiger partial charge >= 0.3 is 0 Å². The molecule has 1 fully saturated rings. The van der Waals surface area contributed by atoms with Gasteiger partial charge < -0.3 is 5.11 Å². The van der Waals surface area contributed by atoms with Crippen molar-refractivity contribution in [2.45, 2.75) is 45.1 Å². The van der Waals surface area contributed by atoms with E-state index in [1.54, 1.807) is 6.92 Å². The first-order valence-electron chi connectivity index (χ1n) is 7.48. The minimum absolute atomic E-state index is 0.0846. The molecule has 0 bridgehead atoms. The number of ketones is 1. The number of benzene rings is 1. The van der Waals surface area contributed by atoms with Crippen LogP contribution in [0, 0.1) is 11.8 Å². The summed E-state index contributed by atoms with van der Waals surface area (Å²) in [5.41, 5.74) is 2.36. The number of hydrogen-bond donors (Lipinski definition) is 1. The van der Waals surface area contributed by atoms with Crippen molar-refractivity contribution in [3.05, 3.63) is 48.0 Å². The van der Waals surface area contributed by atoms with Crippen LogP contribution in [0.5, 0.6) is 0 Å². The van der Waals surface area contributed by atoms with Crippen molar-refractivity contribution in [1.82, 2.24) is 0 Å². The number of aryl methyl sites for hydroxylation is 1. The monoisotopic (exact) mass is 272 g/mol. The highest BCUT2D eigenvalue weighted by Crippen LogP contribution is 2.36. The summed E-state index contributed by atoms with van der Waals surface area (Å²) in [5.74, 6) is 0.441. The highest BCUT2D eigenvalue weighted by atomic mass is 16.3. The fourth-order valence-corrected chi connectivity index (χ4v) is 3.09. The molecular weight excluding hydrogens is 248 g/mol. The van der Waals surface area contributed by atoms with Crippen LogP contribution in [0.1, 0.15) is 38.2 Å². The molecule has 0 aliphatic heterocycles. The van der Waals surface area contributed by atoms with Crippen molar-refractivity contribution in [3.8, 4) is 0 Å². The Labute approximate surface area is 121 Å². The third kappa shape index (κ3) is 3.80. The van der Waals surface area contributed by atoms with Gasteiger partial charge in [0.15, 0.2) is 0 Å². The van der Waals surface area contributed by atoms with Crippen LogP contribution in [0.25, 0.3) is 0 Å². The number of rotatable bonds is 5. The highest BCUT2D eigenvalue weighted by Gasteiger charge is 2.31. The van der Waals surface area contributed by atoms with Crippen LogP contribution in [0.4, 0.5) is 0 Å². The molecular formula is C18H24O2. The quantitative estimate of drug-likeness (QED) is 0.832. The molecule has 0 radical (unpaired) electrons. The van der Waals surface area contributed by atoms with Crippen LogP contribution in [-0.4, -0.2) is 17.0 Å². The summed E-state index contributed by atoms with van der Waals surface area (Å²) in [5, 5.41) is 10.4. The molecule has 0 heterocycles. The SMILES string of the molecule is C=C1CC[C@H](C(C)=O)C[C@@H]1[C@@H](O)CCc1ccccc1. The van der Waals surface area contributed by atoms with E-state index < -0.39 is 0 Å². The molecule has 2 rings (SSSR count). The molecule has 1 aromatic rings. The molecule has 20 heavy (non-hydrogen) atoms. The Kier molecular flexibility index (Phi) is 5.13. The maximum absolute atomic E-state index is 11.5. The smallest absolute Gasteiger partial charge is 0.132 e. The zero-order valence-corrected chi connectivity index (χ0v) is 12.2. The molecule has 1 aliphatic carbocycles. The second-order valence-corrected chi connectivity index (χ2v) is 5.94. The van der Waals surface area contributed by atoms with E-state index in [0.717, 1.165) is 37.7 Å². The predicted octanol–water partition coefficient (Wildman–Crippen LogP) is 3.54. The van der Waals surface area contributed by atoms with E-state index in [-0.39, 0.29) is 23.7 Å². The Bertz CT molecular complexity index is 464. The lowest BCUT2D eigenvalue weighted by Crippen LogP contribution is -2.31. The Balaban J connectivity index is 1.91. The molecule has 3 atom stereocenters. The molecule has 2 nitrogen and oxygen atoms in total. The first-order chi connectivity index (χ1) is 9.58.